The van der Waals surface area contributed by atoms with Gasteiger partial charge >= 0.3 is 0 Å². The van der Waals surface area contributed by atoms with Crippen LogP contribution in [0.3, 0.4) is 0 Å². The number of azide groups is 1. The lowest BCUT2D eigenvalue weighted by Gasteiger charge is -2.11. The summed E-state index contributed by atoms with van der Waals surface area (Å²) in [6, 6.07) is 9.78. The van der Waals surface area contributed by atoms with Gasteiger partial charge in [-0.05, 0) is 31.0 Å². The Morgan fingerprint density at radius 2 is 2.41 bits per heavy atom. The van der Waals surface area contributed by atoms with Crippen LogP contribution in [-0.4, -0.2) is 13.1 Å². The van der Waals surface area contributed by atoms with Gasteiger partial charge in [-0.2, -0.15) is 5.26 Å². The summed E-state index contributed by atoms with van der Waals surface area (Å²) in [6.45, 7) is 3.11. The fourth-order valence-electron chi connectivity index (χ4n) is 1.53. The van der Waals surface area contributed by atoms with Crippen molar-refractivity contribution in [3.05, 3.63) is 45.8 Å². The summed E-state index contributed by atoms with van der Waals surface area (Å²) in [5.41, 5.74) is 10.2. The molecule has 0 radical (unpaired) electrons. The fourth-order valence-corrected chi connectivity index (χ4v) is 1.53. The zero-order valence-electron chi connectivity index (χ0n) is 9.80. The van der Waals surface area contributed by atoms with E-state index in [1.807, 2.05) is 31.2 Å². The monoisotopic (exact) mass is 229 g/mol. The van der Waals surface area contributed by atoms with Gasteiger partial charge in [0, 0.05) is 11.5 Å². The molecule has 0 bridgehead atoms. The van der Waals surface area contributed by atoms with E-state index >= 15 is 0 Å². The third-order valence-corrected chi connectivity index (χ3v) is 2.35. The fraction of sp³-hybridized carbons (Fsp3) is 0.417. The third-order valence-electron chi connectivity index (χ3n) is 2.35. The molecule has 1 unspecified atom stereocenters. The average Bonchev–Trinajstić information content (AvgIpc) is 2.34. The van der Waals surface area contributed by atoms with Crippen molar-refractivity contribution < 1.29 is 0 Å². The van der Waals surface area contributed by atoms with Crippen LogP contribution < -0.4 is 5.32 Å². The molecular weight excluding hydrogens is 214 g/mol. The number of benzene rings is 1. The zero-order valence-corrected chi connectivity index (χ0v) is 9.80. The Labute approximate surface area is 101 Å². The minimum absolute atomic E-state index is 0.305. The van der Waals surface area contributed by atoms with E-state index in [1.165, 1.54) is 0 Å². The summed E-state index contributed by atoms with van der Waals surface area (Å²) in [4.78, 5) is 2.67. The summed E-state index contributed by atoms with van der Waals surface area (Å²) in [6.07, 6.45) is 0.730. The Kier molecular flexibility index (Phi) is 5.59. The lowest BCUT2D eigenvalue weighted by Crippen LogP contribution is -2.21. The van der Waals surface area contributed by atoms with E-state index in [9.17, 15) is 0 Å². The molecule has 0 aliphatic carbocycles. The van der Waals surface area contributed by atoms with Crippen molar-refractivity contribution >= 4 is 0 Å². The normalized spacial score (nSPS) is 11.3. The molecule has 0 heterocycles. The minimum atomic E-state index is -0.305. The van der Waals surface area contributed by atoms with Crippen LogP contribution in [0.5, 0.6) is 0 Å². The topological polar surface area (TPSA) is 84.6 Å². The first-order valence-corrected chi connectivity index (χ1v) is 5.48. The molecule has 0 saturated carbocycles. The molecule has 17 heavy (non-hydrogen) atoms. The van der Waals surface area contributed by atoms with Gasteiger partial charge in [0.2, 0.25) is 0 Å². The highest BCUT2D eigenvalue weighted by molar-refractivity contribution is 5.28. The molecular formula is C12H15N5. The van der Waals surface area contributed by atoms with Gasteiger partial charge in [0.15, 0.2) is 0 Å². The van der Waals surface area contributed by atoms with Crippen molar-refractivity contribution in [3.8, 4) is 6.07 Å². The van der Waals surface area contributed by atoms with E-state index in [1.54, 1.807) is 0 Å². The molecule has 0 fully saturated rings. The lowest BCUT2D eigenvalue weighted by atomic mass is 10.1. The van der Waals surface area contributed by atoms with Crippen LogP contribution in [0.1, 0.15) is 23.6 Å². The van der Waals surface area contributed by atoms with Crippen LogP contribution in [-0.2, 0) is 0 Å². The highest BCUT2D eigenvalue weighted by atomic mass is 15.1. The molecule has 0 spiro atoms. The molecule has 1 aromatic rings. The molecule has 5 heteroatoms. The SMILES string of the molecule is Cc1cccc(C(C#N)NCCCN=[N+]=[N-])c1. The highest BCUT2D eigenvalue weighted by Gasteiger charge is 2.08. The maximum Gasteiger partial charge on any atom is 0.121 e. The number of nitrogens with one attached hydrogen (secondary N) is 1. The smallest absolute Gasteiger partial charge is 0.121 e. The summed E-state index contributed by atoms with van der Waals surface area (Å²) < 4.78 is 0. The Bertz CT molecular complexity index is 442. The Hall–Kier alpha value is -2.02. The molecule has 1 aromatic carbocycles. The number of rotatable bonds is 6. The Morgan fingerprint density at radius 3 is 3.06 bits per heavy atom. The first-order chi connectivity index (χ1) is 8.27. The molecule has 0 aliphatic heterocycles. The van der Waals surface area contributed by atoms with Crippen molar-refractivity contribution in [2.45, 2.75) is 19.4 Å². The minimum Gasteiger partial charge on any atom is -0.298 e. The van der Waals surface area contributed by atoms with E-state index < -0.39 is 0 Å². The van der Waals surface area contributed by atoms with E-state index in [-0.39, 0.29) is 6.04 Å². The van der Waals surface area contributed by atoms with Gasteiger partial charge < -0.3 is 0 Å². The van der Waals surface area contributed by atoms with Crippen LogP contribution in [0, 0.1) is 18.3 Å². The van der Waals surface area contributed by atoms with E-state index in [4.69, 9.17) is 10.8 Å². The summed E-state index contributed by atoms with van der Waals surface area (Å²) in [5.74, 6) is 0. The van der Waals surface area contributed by atoms with Crippen molar-refractivity contribution in [1.29, 1.82) is 5.26 Å². The molecule has 0 aliphatic rings. The summed E-state index contributed by atoms with van der Waals surface area (Å²) in [7, 11) is 0. The summed E-state index contributed by atoms with van der Waals surface area (Å²) in [5, 5.41) is 15.6. The van der Waals surface area contributed by atoms with Crippen LogP contribution in [0.4, 0.5) is 0 Å². The maximum atomic E-state index is 9.08. The molecule has 1 N–H and O–H groups in total. The van der Waals surface area contributed by atoms with E-state index in [2.05, 4.69) is 21.4 Å². The second-order valence-electron chi connectivity index (χ2n) is 3.74. The number of hydrogen-bond acceptors (Lipinski definition) is 3. The Balaban J connectivity index is 2.49. The summed E-state index contributed by atoms with van der Waals surface area (Å²) >= 11 is 0. The number of nitrogens with zero attached hydrogens (tertiary/aromatic N) is 4. The number of nitriles is 1. The van der Waals surface area contributed by atoms with Gasteiger partial charge in [-0.15, -0.1) is 0 Å². The largest absolute Gasteiger partial charge is 0.298 e. The van der Waals surface area contributed by atoms with E-state index in [0.29, 0.717) is 13.1 Å². The first-order valence-electron chi connectivity index (χ1n) is 5.48. The van der Waals surface area contributed by atoms with Crippen LogP contribution in [0.2, 0.25) is 0 Å². The molecule has 0 saturated heterocycles. The second-order valence-corrected chi connectivity index (χ2v) is 3.74. The van der Waals surface area contributed by atoms with Gasteiger partial charge in [0.1, 0.15) is 6.04 Å². The van der Waals surface area contributed by atoms with Crippen molar-refractivity contribution in [2.24, 2.45) is 5.11 Å². The Morgan fingerprint density at radius 1 is 1.59 bits per heavy atom. The maximum absolute atomic E-state index is 9.08. The van der Waals surface area contributed by atoms with Gasteiger partial charge in [0.25, 0.3) is 0 Å². The first kappa shape index (κ1) is 13.0. The molecule has 1 atom stereocenters. The predicted octanol–water partition coefficient (Wildman–Crippen LogP) is 2.85. The molecule has 1 rings (SSSR count). The lowest BCUT2D eigenvalue weighted by molar-refractivity contribution is 0.607. The van der Waals surface area contributed by atoms with Crippen molar-refractivity contribution in [3.63, 3.8) is 0 Å². The molecule has 88 valence electrons. The number of hydrogen-bond donors (Lipinski definition) is 1. The average molecular weight is 229 g/mol. The van der Waals surface area contributed by atoms with Crippen LogP contribution in [0.25, 0.3) is 10.4 Å². The van der Waals surface area contributed by atoms with Crippen molar-refractivity contribution in [1.82, 2.24) is 5.32 Å². The zero-order chi connectivity index (χ0) is 12.5. The van der Waals surface area contributed by atoms with Crippen LogP contribution >= 0.6 is 0 Å². The van der Waals surface area contributed by atoms with Gasteiger partial charge in [-0.3, -0.25) is 5.32 Å². The van der Waals surface area contributed by atoms with Gasteiger partial charge in [-0.1, -0.05) is 34.9 Å². The predicted molar refractivity (Wildman–Crippen MR) is 66.2 cm³/mol. The number of aryl methyl sites for hydroxylation is 1. The third kappa shape index (κ3) is 4.56. The highest BCUT2D eigenvalue weighted by Crippen LogP contribution is 2.13. The van der Waals surface area contributed by atoms with Gasteiger partial charge in [0.05, 0.1) is 6.07 Å². The van der Waals surface area contributed by atoms with E-state index in [0.717, 1.165) is 17.5 Å². The van der Waals surface area contributed by atoms with Crippen LogP contribution in [0.15, 0.2) is 29.4 Å². The molecule has 0 aromatic heterocycles. The second kappa shape index (κ2) is 7.29. The van der Waals surface area contributed by atoms with Gasteiger partial charge in [-0.25, -0.2) is 0 Å². The standard InChI is InChI=1S/C12H15N5/c1-10-4-2-5-11(8-10)12(9-13)15-6-3-7-16-17-14/h2,4-5,8,12,15H,3,6-7H2,1H3. The molecule has 5 nitrogen and oxygen atoms in total. The van der Waals surface area contributed by atoms with Crippen molar-refractivity contribution in [2.75, 3.05) is 13.1 Å². The molecule has 0 amide bonds. The quantitative estimate of drug-likeness (QED) is 0.352.